The van der Waals surface area contributed by atoms with E-state index in [1.807, 2.05) is 36.4 Å². The average Bonchev–Trinajstić information content (AvgIpc) is 3.19. The highest BCUT2D eigenvalue weighted by atomic mass is 16.7. The van der Waals surface area contributed by atoms with Crippen molar-refractivity contribution < 1.29 is 28.7 Å². The molecule has 10 heteroatoms. The van der Waals surface area contributed by atoms with Crippen LogP contribution in [0.15, 0.2) is 152 Å². The summed E-state index contributed by atoms with van der Waals surface area (Å²) in [5.41, 5.74) is 2.44. The van der Waals surface area contributed by atoms with Crippen LogP contribution in [0.4, 0.5) is 0 Å². The number of rotatable bonds is 12. The highest BCUT2D eigenvalue weighted by Crippen LogP contribution is 2.25. The van der Waals surface area contributed by atoms with Crippen LogP contribution in [0, 0.1) is 0 Å². The summed E-state index contributed by atoms with van der Waals surface area (Å²) in [6, 6.07) is 41.1. The predicted octanol–water partition coefficient (Wildman–Crippen LogP) is 4.75. The number of benzene rings is 5. The standard InChI is InChI=1S/C41H38N4O6/c46-37(29-18-8-2-9-19-29)42-26-33-34(43-38(47)30-20-10-3-11-21-30)35(44-39(48)31-22-12-4-13-23-31)36(45-40(49)32-24-14-5-15-25-32)41(51-33)50-27-28-16-6-1-7-17-28/h1-25,33-36,41H,26-27H2,(H,42,46)(H,43,47)(H,44,48)(H,45,49)/t33-,34-,35+,36-,41+/m1/s1. The van der Waals surface area contributed by atoms with E-state index in [1.165, 1.54) is 0 Å². The maximum Gasteiger partial charge on any atom is 0.251 e. The van der Waals surface area contributed by atoms with Crippen molar-refractivity contribution in [2.45, 2.75) is 37.1 Å². The van der Waals surface area contributed by atoms with Gasteiger partial charge in [0.05, 0.1) is 18.7 Å². The average molecular weight is 683 g/mol. The van der Waals surface area contributed by atoms with Gasteiger partial charge < -0.3 is 30.7 Å². The molecular weight excluding hydrogens is 644 g/mol. The SMILES string of the molecule is O=C(NC[C@H]1O[C@H](OCc2ccccc2)[C@H](NC(=O)c2ccccc2)[C@@H](NC(=O)c2ccccc2)[C@@H]1NC(=O)c1ccccc1)c1ccccc1. The van der Waals surface area contributed by atoms with Crippen LogP contribution in [0.2, 0.25) is 0 Å². The van der Waals surface area contributed by atoms with Gasteiger partial charge in [-0.1, -0.05) is 103 Å². The van der Waals surface area contributed by atoms with Crippen molar-refractivity contribution >= 4 is 23.6 Å². The normalized spacial score (nSPS) is 19.6. The van der Waals surface area contributed by atoms with Crippen molar-refractivity contribution in [3.05, 3.63) is 179 Å². The number of amides is 4. The van der Waals surface area contributed by atoms with Crippen molar-refractivity contribution in [1.29, 1.82) is 0 Å². The fourth-order valence-corrected chi connectivity index (χ4v) is 5.91. The van der Waals surface area contributed by atoms with Crippen molar-refractivity contribution in [2.75, 3.05) is 6.54 Å². The van der Waals surface area contributed by atoms with Crippen LogP contribution in [-0.2, 0) is 16.1 Å². The molecule has 6 rings (SSSR count). The summed E-state index contributed by atoms with van der Waals surface area (Å²) in [6.07, 6.45) is -2.04. The van der Waals surface area contributed by atoms with Gasteiger partial charge in [-0.25, -0.2) is 0 Å². The zero-order valence-electron chi connectivity index (χ0n) is 27.7. The lowest BCUT2D eigenvalue weighted by Crippen LogP contribution is -2.73. The van der Waals surface area contributed by atoms with Crippen LogP contribution in [0.5, 0.6) is 0 Å². The molecule has 258 valence electrons. The Kier molecular flexibility index (Phi) is 11.6. The molecular formula is C41H38N4O6. The maximum absolute atomic E-state index is 13.9. The Morgan fingerprint density at radius 1 is 0.471 bits per heavy atom. The molecule has 0 aliphatic carbocycles. The number of ether oxygens (including phenoxy) is 2. The number of nitrogens with one attached hydrogen (secondary N) is 4. The van der Waals surface area contributed by atoms with E-state index in [0.717, 1.165) is 5.56 Å². The van der Waals surface area contributed by atoms with Gasteiger partial charge in [0.1, 0.15) is 12.1 Å². The first-order chi connectivity index (χ1) is 25.0. The third-order valence-corrected chi connectivity index (χ3v) is 8.53. The largest absolute Gasteiger partial charge is 0.349 e. The van der Waals surface area contributed by atoms with Gasteiger partial charge in [0.25, 0.3) is 23.6 Å². The van der Waals surface area contributed by atoms with Crippen LogP contribution in [0.1, 0.15) is 47.0 Å². The van der Waals surface area contributed by atoms with Gasteiger partial charge in [0, 0.05) is 28.8 Å². The van der Waals surface area contributed by atoms with E-state index in [2.05, 4.69) is 21.3 Å². The van der Waals surface area contributed by atoms with Crippen LogP contribution in [0.25, 0.3) is 0 Å². The lowest BCUT2D eigenvalue weighted by Gasteiger charge is -2.47. The quantitative estimate of drug-likeness (QED) is 0.150. The Morgan fingerprint density at radius 2 is 0.843 bits per heavy atom. The third-order valence-electron chi connectivity index (χ3n) is 8.53. The summed E-state index contributed by atoms with van der Waals surface area (Å²) >= 11 is 0. The monoisotopic (exact) mass is 682 g/mol. The molecule has 0 radical (unpaired) electrons. The van der Waals surface area contributed by atoms with Gasteiger partial charge in [0.15, 0.2) is 6.29 Å². The van der Waals surface area contributed by atoms with E-state index in [9.17, 15) is 19.2 Å². The molecule has 0 aromatic heterocycles. The topological polar surface area (TPSA) is 135 Å². The smallest absolute Gasteiger partial charge is 0.251 e. The molecule has 0 unspecified atom stereocenters. The number of hydrogen-bond acceptors (Lipinski definition) is 6. The number of carbonyl (C=O) groups is 4. The fraction of sp³-hybridized carbons (Fsp3) is 0.171. The molecule has 4 N–H and O–H groups in total. The molecule has 4 amide bonds. The van der Waals surface area contributed by atoms with Gasteiger partial charge in [0.2, 0.25) is 0 Å². The maximum atomic E-state index is 13.9. The van der Waals surface area contributed by atoms with E-state index in [0.29, 0.717) is 22.3 Å². The van der Waals surface area contributed by atoms with Crippen molar-refractivity contribution in [2.24, 2.45) is 0 Å². The zero-order chi connectivity index (χ0) is 35.4. The molecule has 5 atom stereocenters. The minimum atomic E-state index is -1.12. The molecule has 10 nitrogen and oxygen atoms in total. The van der Waals surface area contributed by atoms with E-state index in [-0.39, 0.29) is 19.1 Å². The summed E-state index contributed by atoms with van der Waals surface area (Å²) in [7, 11) is 0. The van der Waals surface area contributed by atoms with Gasteiger partial charge in [-0.05, 0) is 54.1 Å². The van der Waals surface area contributed by atoms with Crippen molar-refractivity contribution in [3.63, 3.8) is 0 Å². The van der Waals surface area contributed by atoms with Crippen LogP contribution in [0.3, 0.4) is 0 Å². The number of carbonyl (C=O) groups excluding carboxylic acids is 4. The summed E-state index contributed by atoms with van der Waals surface area (Å²) in [6.45, 7) is 0.0580. The first-order valence-electron chi connectivity index (χ1n) is 16.7. The minimum absolute atomic E-state index is 0.0598. The van der Waals surface area contributed by atoms with Crippen molar-refractivity contribution in [1.82, 2.24) is 21.3 Å². The fourth-order valence-electron chi connectivity index (χ4n) is 5.91. The summed E-state index contributed by atoms with van der Waals surface area (Å²) in [5, 5.41) is 12.1. The summed E-state index contributed by atoms with van der Waals surface area (Å²) < 4.78 is 13.0. The Balaban J connectivity index is 1.39. The molecule has 1 heterocycles. The molecule has 51 heavy (non-hydrogen) atoms. The molecule has 5 aromatic rings. The molecule has 0 bridgehead atoms. The second-order valence-corrected chi connectivity index (χ2v) is 12.0. The Labute approximate surface area is 296 Å². The molecule has 1 aliphatic heterocycles. The van der Waals surface area contributed by atoms with Gasteiger partial charge >= 0.3 is 0 Å². The lowest BCUT2D eigenvalue weighted by molar-refractivity contribution is -0.222. The van der Waals surface area contributed by atoms with Gasteiger partial charge in [-0.15, -0.1) is 0 Å². The molecule has 5 aromatic carbocycles. The minimum Gasteiger partial charge on any atom is -0.349 e. The van der Waals surface area contributed by atoms with Gasteiger partial charge in [-0.2, -0.15) is 0 Å². The number of hydrogen-bond donors (Lipinski definition) is 4. The molecule has 0 saturated carbocycles. The van der Waals surface area contributed by atoms with Crippen LogP contribution in [-0.4, -0.2) is 60.7 Å². The lowest BCUT2D eigenvalue weighted by atomic mass is 9.89. The summed E-state index contributed by atoms with van der Waals surface area (Å²) in [5.74, 6) is -1.65. The Morgan fingerprint density at radius 3 is 1.29 bits per heavy atom. The first kappa shape index (κ1) is 34.8. The molecule has 1 saturated heterocycles. The van der Waals surface area contributed by atoms with Gasteiger partial charge in [-0.3, -0.25) is 19.2 Å². The molecule has 1 fully saturated rings. The van der Waals surface area contributed by atoms with Crippen LogP contribution >= 0.6 is 0 Å². The van der Waals surface area contributed by atoms with E-state index < -0.39 is 48.2 Å². The zero-order valence-corrected chi connectivity index (χ0v) is 27.7. The Hall–Kier alpha value is -6.10. The second kappa shape index (κ2) is 17.0. The first-order valence-corrected chi connectivity index (χ1v) is 16.7. The Bertz CT molecular complexity index is 1900. The predicted molar refractivity (Wildman–Crippen MR) is 192 cm³/mol. The van der Waals surface area contributed by atoms with Crippen molar-refractivity contribution in [3.8, 4) is 0 Å². The molecule has 1 aliphatic rings. The summed E-state index contributed by atoms with van der Waals surface area (Å²) in [4.78, 5) is 54.6. The van der Waals surface area contributed by atoms with E-state index in [4.69, 9.17) is 9.47 Å². The second-order valence-electron chi connectivity index (χ2n) is 12.0. The molecule has 0 spiro atoms. The van der Waals surface area contributed by atoms with E-state index in [1.54, 1.807) is 115 Å². The highest BCUT2D eigenvalue weighted by molar-refractivity contribution is 5.97. The highest BCUT2D eigenvalue weighted by Gasteiger charge is 2.49. The third kappa shape index (κ3) is 9.13. The van der Waals surface area contributed by atoms with E-state index >= 15 is 0 Å². The van der Waals surface area contributed by atoms with Crippen LogP contribution < -0.4 is 21.3 Å².